The molecule has 0 radical (unpaired) electrons. The summed E-state index contributed by atoms with van der Waals surface area (Å²) in [6, 6.07) is 6.70. The minimum Gasteiger partial charge on any atom is -0.293 e. The summed E-state index contributed by atoms with van der Waals surface area (Å²) in [5, 5.41) is 0.935. The van der Waals surface area contributed by atoms with Gasteiger partial charge in [0.05, 0.1) is 11.1 Å². The molecule has 3 rings (SSSR count). The third-order valence-corrected chi connectivity index (χ3v) is 5.80. The van der Waals surface area contributed by atoms with Crippen LogP contribution in [0.4, 0.5) is 0 Å². The molecule has 0 saturated carbocycles. The fourth-order valence-corrected chi connectivity index (χ4v) is 4.09. The zero-order chi connectivity index (χ0) is 19.7. The number of pyridine rings is 1. The first kappa shape index (κ1) is 19.4. The maximum Gasteiger partial charge on any atom is 0.332 e. The smallest absolute Gasteiger partial charge is 0.293 e. The summed E-state index contributed by atoms with van der Waals surface area (Å²) in [5.41, 5.74) is 0.910. The molecule has 8 heteroatoms. The maximum atomic E-state index is 12.7. The largest absolute Gasteiger partial charge is 0.332 e. The van der Waals surface area contributed by atoms with Gasteiger partial charge in [0.25, 0.3) is 5.56 Å². The maximum absolute atomic E-state index is 12.7. The number of nitrogens with zero attached hydrogens (tertiary/aromatic N) is 3. The van der Waals surface area contributed by atoms with Gasteiger partial charge >= 0.3 is 5.69 Å². The molecule has 0 bridgehead atoms. The normalized spacial score (nSPS) is 11.1. The molecule has 0 aliphatic carbocycles. The molecule has 0 unspecified atom stereocenters. The van der Waals surface area contributed by atoms with E-state index >= 15 is 0 Å². The van der Waals surface area contributed by atoms with Gasteiger partial charge in [-0.05, 0) is 36.2 Å². The first-order chi connectivity index (χ1) is 12.8. The van der Waals surface area contributed by atoms with Crippen molar-refractivity contribution in [3.8, 4) is 0 Å². The van der Waals surface area contributed by atoms with Crippen LogP contribution < -0.4 is 11.2 Å². The monoisotopic (exact) mass is 403 g/mol. The highest BCUT2D eigenvalue weighted by Gasteiger charge is 2.18. The van der Waals surface area contributed by atoms with Crippen molar-refractivity contribution in [1.29, 1.82) is 0 Å². The molecule has 1 aromatic carbocycles. The zero-order valence-corrected chi connectivity index (χ0v) is 16.7. The summed E-state index contributed by atoms with van der Waals surface area (Å²) in [6.45, 7) is 1.96. The molecule has 0 amide bonds. The standard InChI is InChI=1S/C19H18ClN3O3S/c1-4-11-9-21-17-15(18(25)23(3)19(26)22(17)2)16(11)27-10-14(24)12-5-7-13(20)8-6-12/h5-9H,4,10H2,1-3H3. The number of hydrogen-bond donors (Lipinski definition) is 0. The fourth-order valence-electron chi connectivity index (χ4n) is 2.82. The Hall–Kier alpha value is -2.38. The van der Waals surface area contributed by atoms with Gasteiger partial charge in [0.2, 0.25) is 0 Å². The lowest BCUT2D eigenvalue weighted by atomic mass is 10.1. The Labute approximate surface area is 164 Å². The Morgan fingerprint density at radius 1 is 1.15 bits per heavy atom. The number of Topliss-reactive ketones (excluding diaryl/α,β-unsaturated/α-hetero) is 1. The molecule has 0 N–H and O–H groups in total. The van der Waals surface area contributed by atoms with Crippen molar-refractivity contribution < 1.29 is 4.79 Å². The second-order valence-corrected chi connectivity index (χ2v) is 7.51. The highest BCUT2D eigenvalue weighted by Crippen LogP contribution is 2.29. The van der Waals surface area contributed by atoms with Crippen molar-refractivity contribution in [3.63, 3.8) is 0 Å². The summed E-state index contributed by atoms with van der Waals surface area (Å²) in [7, 11) is 3.02. The molecule has 0 aliphatic rings. The Morgan fingerprint density at radius 3 is 2.44 bits per heavy atom. The summed E-state index contributed by atoms with van der Waals surface area (Å²) in [6.07, 6.45) is 2.32. The van der Waals surface area contributed by atoms with Crippen molar-refractivity contribution in [2.45, 2.75) is 18.2 Å². The van der Waals surface area contributed by atoms with Crippen LogP contribution in [0.2, 0.25) is 5.02 Å². The van der Waals surface area contributed by atoms with Gasteiger partial charge in [-0.1, -0.05) is 18.5 Å². The molecular weight excluding hydrogens is 386 g/mol. The quantitative estimate of drug-likeness (QED) is 0.483. The number of benzene rings is 1. The second kappa shape index (κ2) is 7.70. The number of carbonyl (C=O) groups is 1. The van der Waals surface area contributed by atoms with E-state index in [9.17, 15) is 14.4 Å². The zero-order valence-electron chi connectivity index (χ0n) is 15.2. The number of fused-ring (bicyclic) bond motifs is 1. The van der Waals surface area contributed by atoms with E-state index in [1.54, 1.807) is 37.5 Å². The van der Waals surface area contributed by atoms with Gasteiger partial charge in [-0.15, -0.1) is 11.8 Å². The van der Waals surface area contributed by atoms with Crippen LogP contribution >= 0.6 is 23.4 Å². The number of aryl methyl sites for hydroxylation is 2. The van der Waals surface area contributed by atoms with Crippen molar-refractivity contribution in [2.75, 3.05) is 5.75 Å². The minimum atomic E-state index is -0.433. The molecule has 140 valence electrons. The summed E-state index contributed by atoms with van der Waals surface area (Å²) < 4.78 is 2.41. The summed E-state index contributed by atoms with van der Waals surface area (Å²) in [4.78, 5) is 42.4. The average molecular weight is 404 g/mol. The lowest BCUT2D eigenvalue weighted by Gasteiger charge is -2.13. The van der Waals surface area contributed by atoms with Crippen LogP contribution in [0.3, 0.4) is 0 Å². The van der Waals surface area contributed by atoms with E-state index in [0.29, 0.717) is 32.9 Å². The van der Waals surface area contributed by atoms with Gasteiger partial charge < -0.3 is 0 Å². The van der Waals surface area contributed by atoms with Crippen LogP contribution in [0.25, 0.3) is 11.0 Å². The first-order valence-electron chi connectivity index (χ1n) is 8.34. The average Bonchev–Trinajstić information content (AvgIpc) is 2.68. The van der Waals surface area contributed by atoms with Gasteiger partial charge in [0.1, 0.15) is 5.65 Å². The van der Waals surface area contributed by atoms with E-state index in [-0.39, 0.29) is 11.5 Å². The number of thioether (sulfide) groups is 1. The van der Waals surface area contributed by atoms with Gasteiger partial charge in [0.15, 0.2) is 5.78 Å². The first-order valence-corrected chi connectivity index (χ1v) is 9.70. The molecule has 2 heterocycles. The number of hydrogen-bond acceptors (Lipinski definition) is 5. The number of halogens is 1. The van der Waals surface area contributed by atoms with Crippen molar-refractivity contribution >= 4 is 40.2 Å². The molecule has 0 atom stereocenters. The van der Waals surface area contributed by atoms with Crippen LogP contribution in [-0.4, -0.2) is 25.7 Å². The second-order valence-electron chi connectivity index (χ2n) is 6.09. The third-order valence-electron chi connectivity index (χ3n) is 4.39. The molecule has 0 aliphatic heterocycles. The lowest BCUT2D eigenvalue weighted by Crippen LogP contribution is -2.37. The Morgan fingerprint density at radius 2 is 1.81 bits per heavy atom. The van der Waals surface area contributed by atoms with E-state index in [2.05, 4.69) is 4.98 Å². The Bertz CT molecular complexity index is 1150. The van der Waals surface area contributed by atoms with Crippen molar-refractivity contribution in [2.24, 2.45) is 14.1 Å². The van der Waals surface area contributed by atoms with E-state index in [4.69, 9.17) is 11.6 Å². The lowest BCUT2D eigenvalue weighted by molar-refractivity contribution is 0.102. The topological polar surface area (TPSA) is 74.0 Å². The predicted octanol–water partition coefficient (Wildman–Crippen LogP) is 2.82. The SMILES string of the molecule is CCc1cnc2c(c1SCC(=O)c1ccc(Cl)cc1)c(=O)n(C)c(=O)n2C. The molecular formula is C19H18ClN3O3S. The fraction of sp³-hybridized carbons (Fsp3) is 0.263. The predicted molar refractivity (Wildman–Crippen MR) is 108 cm³/mol. The van der Waals surface area contributed by atoms with E-state index < -0.39 is 11.2 Å². The van der Waals surface area contributed by atoms with E-state index in [1.165, 1.54) is 23.4 Å². The van der Waals surface area contributed by atoms with Gasteiger partial charge in [-0.3, -0.25) is 18.7 Å². The number of aromatic nitrogens is 3. The highest BCUT2D eigenvalue weighted by atomic mass is 35.5. The van der Waals surface area contributed by atoms with Crippen LogP contribution in [0.1, 0.15) is 22.8 Å². The van der Waals surface area contributed by atoms with Gasteiger partial charge in [-0.2, -0.15) is 0 Å². The summed E-state index contributed by atoms with van der Waals surface area (Å²) >= 11 is 7.16. The molecule has 0 fully saturated rings. The Balaban J connectivity index is 2.07. The van der Waals surface area contributed by atoms with Crippen molar-refractivity contribution in [1.82, 2.24) is 14.1 Å². The molecule has 3 aromatic rings. The molecule has 0 spiro atoms. The van der Waals surface area contributed by atoms with Crippen LogP contribution in [0.15, 0.2) is 44.9 Å². The van der Waals surface area contributed by atoms with E-state index in [1.807, 2.05) is 6.92 Å². The van der Waals surface area contributed by atoms with Crippen molar-refractivity contribution in [3.05, 3.63) is 67.4 Å². The Kier molecular flexibility index (Phi) is 5.53. The molecule has 27 heavy (non-hydrogen) atoms. The third kappa shape index (κ3) is 3.57. The summed E-state index contributed by atoms with van der Waals surface area (Å²) in [5.74, 6) is 0.102. The van der Waals surface area contributed by atoms with E-state index in [0.717, 1.165) is 10.1 Å². The van der Waals surface area contributed by atoms with Crippen LogP contribution in [0.5, 0.6) is 0 Å². The van der Waals surface area contributed by atoms with Gasteiger partial charge in [0, 0.05) is 35.8 Å². The van der Waals surface area contributed by atoms with Crippen LogP contribution in [0, 0.1) is 0 Å². The number of carbonyl (C=O) groups excluding carboxylic acids is 1. The molecule has 6 nitrogen and oxygen atoms in total. The van der Waals surface area contributed by atoms with Crippen LogP contribution in [-0.2, 0) is 20.5 Å². The molecule has 0 saturated heterocycles. The van der Waals surface area contributed by atoms with Gasteiger partial charge in [-0.25, -0.2) is 9.78 Å². The number of rotatable bonds is 5. The number of ketones is 1. The molecule has 2 aromatic heterocycles. The minimum absolute atomic E-state index is 0.0645. The highest BCUT2D eigenvalue weighted by molar-refractivity contribution is 8.00.